The molecule has 0 bridgehead atoms. The van der Waals surface area contributed by atoms with E-state index in [1.54, 1.807) is 0 Å². The lowest BCUT2D eigenvalue weighted by Crippen LogP contribution is -2.31. The van der Waals surface area contributed by atoms with E-state index in [4.69, 9.17) is 4.52 Å². The van der Waals surface area contributed by atoms with E-state index < -0.39 is 0 Å². The van der Waals surface area contributed by atoms with Crippen molar-refractivity contribution in [3.8, 4) is 11.3 Å². The van der Waals surface area contributed by atoms with Gasteiger partial charge in [0.2, 0.25) is 5.91 Å². The third-order valence-electron chi connectivity index (χ3n) is 5.53. The maximum Gasteiger partial charge on any atom is 0.223 e. The van der Waals surface area contributed by atoms with Crippen LogP contribution in [0.1, 0.15) is 53.8 Å². The highest BCUT2D eigenvalue weighted by atomic mass is 16.5. The Morgan fingerprint density at radius 1 is 1.17 bits per heavy atom. The molecule has 1 aromatic carbocycles. The van der Waals surface area contributed by atoms with Gasteiger partial charge in [0.1, 0.15) is 11.6 Å². The lowest BCUT2D eigenvalue weighted by atomic mass is 10.0. The summed E-state index contributed by atoms with van der Waals surface area (Å²) in [5.41, 5.74) is 4.63. The molecule has 6 heteroatoms. The summed E-state index contributed by atoms with van der Waals surface area (Å²) in [5, 5.41) is 4.05. The molecule has 0 saturated carbocycles. The van der Waals surface area contributed by atoms with E-state index in [2.05, 4.69) is 27.3 Å². The molecule has 1 fully saturated rings. The summed E-state index contributed by atoms with van der Waals surface area (Å²) in [6, 6.07) is 12.1. The maximum atomic E-state index is 13.0. The van der Waals surface area contributed by atoms with Gasteiger partial charge in [0.25, 0.3) is 0 Å². The van der Waals surface area contributed by atoms with Crippen LogP contribution in [0.4, 0.5) is 0 Å². The van der Waals surface area contributed by atoms with Crippen molar-refractivity contribution in [3.05, 3.63) is 64.9 Å². The van der Waals surface area contributed by atoms with Crippen LogP contribution in [-0.4, -0.2) is 32.5 Å². The summed E-state index contributed by atoms with van der Waals surface area (Å²) in [6.45, 7) is 6.48. The molecule has 6 nitrogen and oxygen atoms in total. The number of benzene rings is 1. The van der Waals surface area contributed by atoms with Gasteiger partial charge >= 0.3 is 0 Å². The van der Waals surface area contributed by atoms with Gasteiger partial charge in [0, 0.05) is 13.0 Å². The van der Waals surface area contributed by atoms with Crippen molar-refractivity contribution in [2.75, 3.05) is 6.54 Å². The fourth-order valence-corrected chi connectivity index (χ4v) is 4.15. The van der Waals surface area contributed by atoms with Gasteiger partial charge in [-0.2, -0.15) is 0 Å². The Kier molecular flexibility index (Phi) is 5.43. The number of aryl methyl sites for hydroxylation is 4. The summed E-state index contributed by atoms with van der Waals surface area (Å²) in [4.78, 5) is 24.2. The van der Waals surface area contributed by atoms with Gasteiger partial charge in [-0.05, 0) is 51.7 Å². The molecule has 3 aromatic rings. The minimum Gasteiger partial charge on any atom is -0.361 e. The van der Waals surface area contributed by atoms with Crippen molar-refractivity contribution in [1.82, 2.24) is 20.0 Å². The Balaban J connectivity index is 1.56. The van der Waals surface area contributed by atoms with Gasteiger partial charge in [0.05, 0.1) is 28.7 Å². The predicted octanol–water partition coefficient (Wildman–Crippen LogP) is 4.35. The molecule has 29 heavy (non-hydrogen) atoms. The topological polar surface area (TPSA) is 72.1 Å². The number of amides is 1. The minimum absolute atomic E-state index is 0.000745. The van der Waals surface area contributed by atoms with Crippen molar-refractivity contribution in [3.63, 3.8) is 0 Å². The van der Waals surface area contributed by atoms with Crippen LogP contribution in [0.15, 0.2) is 40.9 Å². The number of rotatable bonds is 5. The molecular formula is C23H26N4O2. The lowest BCUT2D eigenvalue weighted by molar-refractivity contribution is -0.132. The van der Waals surface area contributed by atoms with Crippen LogP contribution in [0.5, 0.6) is 0 Å². The third kappa shape index (κ3) is 4.06. The van der Waals surface area contributed by atoms with Crippen molar-refractivity contribution in [2.24, 2.45) is 0 Å². The molecular weight excluding hydrogens is 364 g/mol. The Hall–Kier alpha value is -3.02. The molecule has 4 rings (SSSR count). The largest absolute Gasteiger partial charge is 0.361 e. The monoisotopic (exact) mass is 390 g/mol. The number of aromatic nitrogens is 3. The molecule has 1 amide bonds. The molecule has 0 radical (unpaired) electrons. The van der Waals surface area contributed by atoms with Gasteiger partial charge in [0.15, 0.2) is 0 Å². The van der Waals surface area contributed by atoms with Crippen LogP contribution >= 0.6 is 0 Å². The quantitative estimate of drug-likeness (QED) is 0.647. The van der Waals surface area contributed by atoms with Crippen molar-refractivity contribution in [2.45, 2.75) is 52.5 Å². The number of hydrogen-bond acceptors (Lipinski definition) is 5. The Morgan fingerprint density at radius 3 is 2.69 bits per heavy atom. The predicted molar refractivity (Wildman–Crippen MR) is 110 cm³/mol. The molecule has 0 aliphatic carbocycles. The molecule has 1 atom stereocenters. The Labute approximate surface area is 171 Å². The van der Waals surface area contributed by atoms with E-state index in [1.165, 1.54) is 5.56 Å². The van der Waals surface area contributed by atoms with Crippen LogP contribution < -0.4 is 0 Å². The van der Waals surface area contributed by atoms with Gasteiger partial charge in [-0.25, -0.2) is 9.97 Å². The number of carbonyl (C=O) groups excluding carboxylic acids is 1. The van der Waals surface area contributed by atoms with Crippen LogP contribution in [0.3, 0.4) is 0 Å². The van der Waals surface area contributed by atoms with Crippen LogP contribution in [-0.2, 0) is 11.2 Å². The number of carbonyl (C=O) groups is 1. The van der Waals surface area contributed by atoms with E-state index in [1.807, 2.05) is 49.9 Å². The van der Waals surface area contributed by atoms with E-state index >= 15 is 0 Å². The van der Waals surface area contributed by atoms with E-state index in [0.29, 0.717) is 12.2 Å². The first-order valence-corrected chi connectivity index (χ1v) is 10.1. The second-order valence-electron chi connectivity index (χ2n) is 7.66. The first kappa shape index (κ1) is 19.3. The highest BCUT2D eigenvalue weighted by molar-refractivity contribution is 5.77. The molecule has 1 aliphatic rings. The average Bonchev–Trinajstić information content (AvgIpc) is 3.33. The Morgan fingerprint density at radius 2 is 1.97 bits per heavy atom. The minimum atomic E-state index is -0.000745. The molecule has 1 unspecified atom stereocenters. The lowest BCUT2D eigenvalue weighted by Gasteiger charge is -2.25. The van der Waals surface area contributed by atoms with Crippen LogP contribution in [0.25, 0.3) is 11.3 Å². The number of nitrogens with zero attached hydrogens (tertiary/aromatic N) is 4. The summed E-state index contributed by atoms with van der Waals surface area (Å²) in [7, 11) is 0. The fraction of sp³-hybridized carbons (Fsp3) is 0.391. The molecule has 1 saturated heterocycles. The summed E-state index contributed by atoms with van der Waals surface area (Å²) in [6.07, 6.45) is 3.19. The van der Waals surface area contributed by atoms with Crippen molar-refractivity contribution >= 4 is 5.91 Å². The van der Waals surface area contributed by atoms with Gasteiger partial charge < -0.3 is 9.42 Å². The third-order valence-corrected chi connectivity index (χ3v) is 5.53. The zero-order valence-corrected chi connectivity index (χ0v) is 17.2. The van der Waals surface area contributed by atoms with Gasteiger partial charge in [-0.1, -0.05) is 35.5 Å². The second kappa shape index (κ2) is 8.15. The highest BCUT2D eigenvalue weighted by Gasteiger charge is 2.31. The van der Waals surface area contributed by atoms with Crippen LogP contribution in [0.2, 0.25) is 0 Å². The molecule has 2 aromatic heterocycles. The molecule has 1 aliphatic heterocycles. The highest BCUT2D eigenvalue weighted by Crippen LogP contribution is 2.34. The molecule has 0 spiro atoms. The number of likely N-dealkylation sites (tertiary alicyclic amines) is 1. The molecule has 3 heterocycles. The zero-order chi connectivity index (χ0) is 20.4. The normalized spacial score (nSPS) is 16.4. The average molecular weight is 390 g/mol. The summed E-state index contributed by atoms with van der Waals surface area (Å²) in [5.74, 6) is 1.63. The molecule has 0 N–H and O–H groups in total. The van der Waals surface area contributed by atoms with E-state index in [0.717, 1.165) is 54.2 Å². The zero-order valence-electron chi connectivity index (χ0n) is 17.2. The Bertz CT molecular complexity index is 993. The second-order valence-corrected chi connectivity index (χ2v) is 7.66. The first-order valence-electron chi connectivity index (χ1n) is 10.1. The van der Waals surface area contributed by atoms with Crippen LogP contribution in [0, 0.1) is 20.8 Å². The summed E-state index contributed by atoms with van der Waals surface area (Å²) >= 11 is 0. The van der Waals surface area contributed by atoms with Gasteiger partial charge in [-0.3, -0.25) is 4.79 Å². The fourth-order valence-electron chi connectivity index (χ4n) is 4.15. The molecule has 150 valence electrons. The van der Waals surface area contributed by atoms with Gasteiger partial charge in [-0.15, -0.1) is 0 Å². The first-order chi connectivity index (χ1) is 14.0. The van der Waals surface area contributed by atoms with Crippen molar-refractivity contribution < 1.29 is 9.32 Å². The smallest absolute Gasteiger partial charge is 0.223 e. The van der Waals surface area contributed by atoms with E-state index in [-0.39, 0.29) is 11.9 Å². The standard InChI is InChI=1S/C23H26N4O2/c1-15-23(16(2)29-26-15)20-14-19(24-17(3)25-20)21-10-7-13-27(21)22(28)12-11-18-8-5-4-6-9-18/h4-6,8-9,14,21H,7,10-13H2,1-3H3. The van der Waals surface area contributed by atoms with Crippen molar-refractivity contribution in [1.29, 1.82) is 0 Å². The summed E-state index contributed by atoms with van der Waals surface area (Å²) < 4.78 is 5.31. The number of hydrogen-bond donors (Lipinski definition) is 0. The maximum absolute atomic E-state index is 13.0. The van der Waals surface area contributed by atoms with E-state index in [9.17, 15) is 4.79 Å². The SMILES string of the molecule is Cc1nc(-c2c(C)noc2C)cc(C2CCCN2C(=O)CCc2ccccc2)n1.